The standard InChI is InChI=1S/C22H36O3/c1-3-5-7-9-11-13-18(23)15-16-20-19(21(24)17-22(20)25)14-12-10-8-6-4-2/h10,12,15-16,19-20,22,25H,3-9,11,13-14,17H2,1-2H3/b12-10-,16-15+/t19-,20-,22-/m1/s1. The zero-order valence-electron chi connectivity index (χ0n) is 16.1. The second kappa shape index (κ2) is 13.0. The Hall–Kier alpha value is -1.22. The van der Waals surface area contributed by atoms with E-state index in [2.05, 4.69) is 26.0 Å². The lowest BCUT2D eigenvalue weighted by molar-refractivity contribution is -0.121. The molecule has 1 saturated carbocycles. The molecule has 0 amide bonds. The van der Waals surface area contributed by atoms with Crippen LogP contribution in [-0.4, -0.2) is 22.8 Å². The molecule has 0 aromatic carbocycles. The third-order valence-electron chi connectivity index (χ3n) is 5.04. The highest BCUT2D eigenvalue weighted by Crippen LogP contribution is 2.33. The Morgan fingerprint density at radius 2 is 1.80 bits per heavy atom. The zero-order chi connectivity index (χ0) is 18.5. The minimum Gasteiger partial charge on any atom is -0.392 e. The summed E-state index contributed by atoms with van der Waals surface area (Å²) in [6.07, 6.45) is 17.4. The molecular weight excluding hydrogens is 312 g/mol. The number of carbonyl (C=O) groups is 2. The lowest BCUT2D eigenvalue weighted by Crippen LogP contribution is -2.18. The van der Waals surface area contributed by atoms with E-state index in [0.717, 1.165) is 32.1 Å². The average molecular weight is 349 g/mol. The molecule has 0 bridgehead atoms. The van der Waals surface area contributed by atoms with Crippen molar-refractivity contribution in [2.75, 3.05) is 0 Å². The molecule has 3 heteroatoms. The molecule has 1 N–H and O–H groups in total. The van der Waals surface area contributed by atoms with Crippen LogP contribution < -0.4 is 0 Å². The molecule has 1 rings (SSSR count). The van der Waals surface area contributed by atoms with Gasteiger partial charge in [-0.05, 0) is 25.3 Å². The maximum absolute atomic E-state index is 12.1. The largest absolute Gasteiger partial charge is 0.392 e. The molecule has 3 atom stereocenters. The van der Waals surface area contributed by atoms with Crippen molar-refractivity contribution in [3.05, 3.63) is 24.3 Å². The minimum absolute atomic E-state index is 0.111. The summed E-state index contributed by atoms with van der Waals surface area (Å²) in [7, 11) is 0. The van der Waals surface area contributed by atoms with Crippen molar-refractivity contribution < 1.29 is 14.7 Å². The van der Waals surface area contributed by atoms with Gasteiger partial charge in [-0.25, -0.2) is 0 Å². The smallest absolute Gasteiger partial charge is 0.155 e. The molecule has 0 radical (unpaired) electrons. The fraction of sp³-hybridized carbons (Fsp3) is 0.727. The molecule has 0 aromatic heterocycles. The summed E-state index contributed by atoms with van der Waals surface area (Å²) in [6, 6.07) is 0. The fourth-order valence-electron chi connectivity index (χ4n) is 3.41. The second-order valence-corrected chi connectivity index (χ2v) is 7.26. The Kier molecular flexibility index (Phi) is 11.4. The van der Waals surface area contributed by atoms with Gasteiger partial charge >= 0.3 is 0 Å². The molecule has 1 aliphatic rings. The van der Waals surface area contributed by atoms with Crippen molar-refractivity contribution in [1.82, 2.24) is 0 Å². The molecule has 0 aromatic rings. The quantitative estimate of drug-likeness (QED) is 0.284. The second-order valence-electron chi connectivity index (χ2n) is 7.26. The highest BCUT2D eigenvalue weighted by Gasteiger charge is 2.39. The number of hydrogen-bond acceptors (Lipinski definition) is 3. The van der Waals surface area contributed by atoms with Crippen molar-refractivity contribution >= 4 is 11.6 Å². The first-order valence-electron chi connectivity index (χ1n) is 10.2. The topological polar surface area (TPSA) is 54.4 Å². The van der Waals surface area contributed by atoms with Gasteiger partial charge in [-0.15, -0.1) is 0 Å². The summed E-state index contributed by atoms with van der Waals surface area (Å²) in [4.78, 5) is 24.1. The van der Waals surface area contributed by atoms with Gasteiger partial charge in [-0.2, -0.15) is 0 Å². The molecule has 0 unspecified atom stereocenters. The summed E-state index contributed by atoms with van der Waals surface area (Å²) >= 11 is 0. The van der Waals surface area contributed by atoms with Gasteiger partial charge in [0.05, 0.1) is 6.10 Å². The van der Waals surface area contributed by atoms with Crippen LogP contribution in [0.25, 0.3) is 0 Å². The van der Waals surface area contributed by atoms with E-state index in [1.807, 2.05) is 0 Å². The van der Waals surface area contributed by atoms with E-state index in [-0.39, 0.29) is 29.8 Å². The normalized spacial score (nSPS) is 24.0. The number of ketones is 2. The van der Waals surface area contributed by atoms with Gasteiger partial charge in [0.15, 0.2) is 5.78 Å². The number of allylic oxidation sites excluding steroid dienone is 3. The number of Topliss-reactive ketones (excluding diaryl/α,β-unsaturated/α-hetero) is 1. The number of aliphatic hydroxyl groups excluding tert-OH is 1. The average Bonchev–Trinajstić information content (AvgIpc) is 2.85. The molecule has 0 aliphatic heterocycles. The maximum Gasteiger partial charge on any atom is 0.155 e. The number of rotatable bonds is 13. The van der Waals surface area contributed by atoms with Gasteiger partial charge in [-0.3, -0.25) is 9.59 Å². The van der Waals surface area contributed by atoms with Gasteiger partial charge in [-0.1, -0.05) is 70.6 Å². The summed E-state index contributed by atoms with van der Waals surface area (Å²) in [5.41, 5.74) is 0. The lowest BCUT2D eigenvalue weighted by Gasteiger charge is -2.15. The molecule has 0 spiro atoms. The van der Waals surface area contributed by atoms with Crippen LogP contribution >= 0.6 is 0 Å². The first-order chi connectivity index (χ1) is 12.1. The van der Waals surface area contributed by atoms with E-state index in [9.17, 15) is 14.7 Å². The van der Waals surface area contributed by atoms with Gasteiger partial charge in [0.1, 0.15) is 5.78 Å². The molecular formula is C22H36O3. The number of aliphatic hydroxyl groups is 1. The van der Waals surface area contributed by atoms with E-state index in [1.54, 1.807) is 12.2 Å². The number of hydrogen-bond donors (Lipinski definition) is 1. The first kappa shape index (κ1) is 21.8. The Bertz CT molecular complexity index is 450. The zero-order valence-corrected chi connectivity index (χ0v) is 16.1. The van der Waals surface area contributed by atoms with Gasteiger partial charge < -0.3 is 5.11 Å². The molecule has 142 valence electrons. The van der Waals surface area contributed by atoms with Gasteiger partial charge in [0.2, 0.25) is 0 Å². The molecule has 0 heterocycles. The van der Waals surface area contributed by atoms with Crippen LogP contribution in [0, 0.1) is 11.8 Å². The predicted octanol–water partition coefficient (Wildman–Crippen LogP) is 5.17. The molecule has 3 nitrogen and oxygen atoms in total. The first-order valence-corrected chi connectivity index (χ1v) is 10.2. The summed E-state index contributed by atoms with van der Waals surface area (Å²) < 4.78 is 0. The van der Waals surface area contributed by atoms with Crippen molar-refractivity contribution in [2.24, 2.45) is 11.8 Å². The summed E-state index contributed by atoms with van der Waals surface area (Å²) in [5.74, 6) is -0.163. The number of carbonyl (C=O) groups excluding carboxylic acids is 2. The third-order valence-corrected chi connectivity index (χ3v) is 5.04. The Balaban J connectivity index is 2.44. The Morgan fingerprint density at radius 3 is 2.52 bits per heavy atom. The minimum atomic E-state index is -0.643. The maximum atomic E-state index is 12.1. The Morgan fingerprint density at radius 1 is 1.08 bits per heavy atom. The van der Waals surface area contributed by atoms with Crippen molar-refractivity contribution in [3.63, 3.8) is 0 Å². The van der Waals surface area contributed by atoms with Crippen LogP contribution in [0.15, 0.2) is 24.3 Å². The van der Waals surface area contributed by atoms with E-state index >= 15 is 0 Å². The Labute approximate surface area is 153 Å². The van der Waals surface area contributed by atoms with Crippen molar-refractivity contribution in [2.45, 2.75) is 90.6 Å². The SMILES string of the molecule is CCCC/C=C\C[C@H]1C(=O)C[C@@H](O)[C@@H]1/C=C/C(=O)CCCCCCC. The highest BCUT2D eigenvalue weighted by atomic mass is 16.3. The van der Waals surface area contributed by atoms with E-state index in [0.29, 0.717) is 12.8 Å². The van der Waals surface area contributed by atoms with Crippen molar-refractivity contribution in [1.29, 1.82) is 0 Å². The monoisotopic (exact) mass is 348 g/mol. The van der Waals surface area contributed by atoms with E-state index < -0.39 is 6.10 Å². The van der Waals surface area contributed by atoms with Gasteiger partial charge in [0, 0.05) is 24.7 Å². The van der Waals surface area contributed by atoms with Crippen LogP contribution in [0.2, 0.25) is 0 Å². The van der Waals surface area contributed by atoms with E-state index in [4.69, 9.17) is 0 Å². The molecule has 0 saturated heterocycles. The van der Waals surface area contributed by atoms with Crippen LogP contribution in [0.1, 0.15) is 84.5 Å². The third kappa shape index (κ3) is 8.62. The molecule has 1 aliphatic carbocycles. The lowest BCUT2D eigenvalue weighted by atomic mass is 9.90. The van der Waals surface area contributed by atoms with Gasteiger partial charge in [0.25, 0.3) is 0 Å². The summed E-state index contributed by atoms with van der Waals surface area (Å²) in [6.45, 7) is 4.34. The van der Waals surface area contributed by atoms with Crippen LogP contribution in [-0.2, 0) is 9.59 Å². The van der Waals surface area contributed by atoms with Crippen molar-refractivity contribution in [3.8, 4) is 0 Å². The number of unbranched alkanes of at least 4 members (excludes halogenated alkanes) is 6. The van der Waals surface area contributed by atoms with Crippen LogP contribution in [0.3, 0.4) is 0 Å². The predicted molar refractivity (Wildman–Crippen MR) is 103 cm³/mol. The van der Waals surface area contributed by atoms with E-state index in [1.165, 1.54) is 19.3 Å². The van der Waals surface area contributed by atoms with Crippen LogP contribution in [0.4, 0.5) is 0 Å². The highest BCUT2D eigenvalue weighted by molar-refractivity contribution is 5.90. The fourth-order valence-corrected chi connectivity index (χ4v) is 3.41. The van der Waals surface area contributed by atoms with Crippen LogP contribution in [0.5, 0.6) is 0 Å². The molecule has 1 fully saturated rings. The molecule has 25 heavy (non-hydrogen) atoms. The summed E-state index contributed by atoms with van der Waals surface area (Å²) in [5, 5.41) is 10.1.